The van der Waals surface area contributed by atoms with Crippen LogP contribution in [0.15, 0.2) is 108 Å². The zero-order valence-electron chi connectivity index (χ0n) is 29.1. The topological polar surface area (TPSA) is 126 Å². The van der Waals surface area contributed by atoms with Crippen molar-refractivity contribution in [3.05, 3.63) is 131 Å². The third kappa shape index (κ3) is 9.69. The second-order valence-electron chi connectivity index (χ2n) is 13.4. The van der Waals surface area contributed by atoms with Gasteiger partial charge in [0.15, 0.2) is 6.29 Å². The first-order chi connectivity index (χ1) is 24.7. The first-order valence-electron chi connectivity index (χ1n) is 17.5. The van der Waals surface area contributed by atoms with Gasteiger partial charge in [-0.25, -0.2) is 8.42 Å². The standard InChI is InChI=1S/C40H47N3O7S/c1-28-13-19-36(20-14-28)51(46,47)42-37(22-29-8-4-3-5-9-29)39(45)41-33-11-6-10-32(23-33)40-49-35(25-43-21-7-12-34(43)27-48-2)24-38(50-40)31-17-15-30(26-44)16-18-31/h3-6,8-11,13-20,23,34-35,37-38,40,42,44H,7,12,21-22,24-27H2,1-2H3,(H,41,45)/t34-,35+,37+,38-,40-/m0/s1. The number of methoxy groups -OCH3 is 1. The van der Waals surface area contributed by atoms with Crippen molar-refractivity contribution in [2.75, 3.05) is 32.1 Å². The summed E-state index contributed by atoms with van der Waals surface area (Å²) in [5, 5.41) is 12.5. The predicted octanol–water partition coefficient (Wildman–Crippen LogP) is 5.67. The number of sulfonamides is 1. The van der Waals surface area contributed by atoms with Gasteiger partial charge in [0.25, 0.3) is 0 Å². The van der Waals surface area contributed by atoms with Gasteiger partial charge in [0.1, 0.15) is 6.04 Å². The van der Waals surface area contributed by atoms with Crippen LogP contribution in [0.1, 0.15) is 59.5 Å². The number of anilines is 1. The normalized spacial score (nSPS) is 21.7. The number of aryl methyl sites for hydroxylation is 1. The smallest absolute Gasteiger partial charge is 0.242 e. The van der Waals surface area contributed by atoms with Gasteiger partial charge in [0, 0.05) is 37.4 Å². The summed E-state index contributed by atoms with van der Waals surface area (Å²) in [7, 11) is -2.26. The van der Waals surface area contributed by atoms with E-state index < -0.39 is 28.3 Å². The molecule has 0 aromatic heterocycles. The Bertz CT molecular complexity index is 1840. The molecule has 5 atom stereocenters. The molecular weight excluding hydrogens is 667 g/mol. The van der Waals surface area contributed by atoms with Crippen LogP contribution in [0.2, 0.25) is 0 Å². The zero-order valence-corrected chi connectivity index (χ0v) is 29.9. The van der Waals surface area contributed by atoms with Gasteiger partial charge >= 0.3 is 0 Å². The van der Waals surface area contributed by atoms with Gasteiger partial charge < -0.3 is 24.6 Å². The minimum absolute atomic E-state index is 0.0336. The van der Waals surface area contributed by atoms with E-state index in [4.69, 9.17) is 14.2 Å². The van der Waals surface area contributed by atoms with Crippen LogP contribution in [0.4, 0.5) is 5.69 Å². The van der Waals surface area contributed by atoms with Crippen LogP contribution in [0.5, 0.6) is 0 Å². The number of carbonyl (C=O) groups is 1. The molecule has 0 spiro atoms. The van der Waals surface area contributed by atoms with E-state index in [2.05, 4.69) is 14.9 Å². The van der Waals surface area contributed by atoms with Gasteiger partial charge in [-0.3, -0.25) is 9.69 Å². The molecule has 0 saturated carbocycles. The molecular formula is C40H47N3O7S. The number of ether oxygens (including phenoxy) is 3. The molecule has 0 radical (unpaired) electrons. The fourth-order valence-corrected chi connectivity index (χ4v) is 8.01. The van der Waals surface area contributed by atoms with Crippen molar-refractivity contribution in [3.8, 4) is 0 Å². The average Bonchev–Trinajstić information content (AvgIpc) is 3.58. The van der Waals surface area contributed by atoms with Crippen LogP contribution in [0.3, 0.4) is 0 Å². The Labute approximate surface area is 300 Å². The van der Waals surface area contributed by atoms with Crippen molar-refractivity contribution in [1.82, 2.24) is 9.62 Å². The summed E-state index contributed by atoms with van der Waals surface area (Å²) in [5.74, 6) is -0.491. The van der Waals surface area contributed by atoms with Crippen LogP contribution in [0.25, 0.3) is 0 Å². The number of aliphatic hydroxyl groups is 1. The van der Waals surface area contributed by atoms with Crippen molar-refractivity contribution in [2.24, 2.45) is 0 Å². The zero-order chi connectivity index (χ0) is 35.8. The van der Waals surface area contributed by atoms with Crippen LogP contribution in [0, 0.1) is 6.92 Å². The molecule has 2 aliphatic rings. The van der Waals surface area contributed by atoms with Gasteiger partial charge in [0.2, 0.25) is 15.9 Å². The van der Waals surface area contributed by atoms with Crippen LogP contribution in [-0.2, 0) is 42.1 Å². The Morgan fingerprint density at radius 1 is 0.941 bits per heavy atom. The SMILES string of the molecule is COC[C@@H]1CCCN1C[C@H]1C[C@@H](c2ccc(CO)cc2)O[C@@H](c2cccc(NC(=O)[C@@H](Cc3ccccc3)NS(=O)(=O)c3ccc(C)cc3)c2)O1. The molecule has 4 aromatic rings. The van der Waals surface area contributed by atoms with E-state index in [1.165, 1.54) is 12.1 Å². The molecule has 0 aliphatic carbocycles. The largest absolute Gasteiger partial charge is 0.392 e. The van der Waals surface area contributed by atoms with Crippen molar-refractivity contribution in [2.45, 2.75) is 74.7 Å². The highest BCUT2D eigenvalue weighted by atomic mass is 32.2. The van der Waals surface area contributed by atoms with E-state index in [0.29, 0.717) is 24.8 Å². The van der Waals surface area contributed by atoms with Gasteiger partial charge in [-0.1, -0.05) is 84.4 Å². The fraction of sp³-hybridized carbons (Fsp3) is 0.375. The Kier molecular flexibility index (Phi) is 12.3. The van der Waals surface area contributed by atoms with E-state index in [1.807, 2.05) is 79.7 Å². The lowest BCUT2D eigenvalue weighted by molar-refractivity contribution is -0.253. The first kappa shape index (κ1) is 36.8. The van der Waals surface area contributed by atoms with Crippen molar-refractivity contribution in [3.63, 3.8) is 0 Å². The Morgan fingerprint density at radius 3 is 2.43 bits per heavy atom. The number of hydrogen-bond donors (Lipinski definition) is 3. The van der Waals surface area contributed by atoms with Crippen LogP contribution in [-0.4, -0.2) is 69.3 Å². The number of hydrogen-bond acceptors (Lipinski definition) is 8. The average molecular weight is 714 g/mol. The number of nitrogens with one attached hydrogen (secondary N) is 2. The number of rotatable bonds is 14. The summed E-state index contributed by atoms with van der Waals surface area (Å²) in [5.41, 5.74) is 4.79. The maximum atomic E-state index is 13.9. The number of benzene rings is 4. The Morgan fingerprint density at radius 2 is 1.71 bits per heavy atom. The molecule has 3 N–H and O–H groups in total. The number of likely N-dealkylation sites (tertiary alicyclic amines) is 1. The molecule has 1 amide bonds. The molecule has 10 nitrogen and oxygen atoms in total. The molecule has 270 valence electrons. The van der Waals surface area contributed by atoms with Gasteiger partial charge in [0.05, 0.1) is 30.3 Å². The summed E-state index contributed by atoms with van der Waals surface area (Å²) in [4.78, 5) is 16.4. The summed E-state index contributed by atoms with van der Waals surface area (Å²) in [6.07, 6.45) is 1.91. The maximum Gasteiger partial charge on any atom is 0.242 e. The number of nitrogens with zero attached hydrogens (tertiary/aromatic N) is 1. The fourth-order valence-electron chi connectivity index (χ4n) is 6.81. The molecule has 2 aliphatic heterocycles. The summed E-state index contributed by atoms with van der Waals surface area (Å²) < 4.78 is 48.2. The molecule has 6 rings (SSSR count). The second kappa shape index (κ2) is 17.1. The van der Waals surface area contributed by atoms with E-state index in [-0.39, 0.29) is 30.1 Å². The number of carbonyl (C=O) groups excluding carboxylic acids is 1. The van der Waals surface area contributed by atoms with E-state index in [0.717, 1.165) is 53.7 Å². The predicted molar refractivity (Wildman–Crippen MR) is 195 cm³/mol. The molecule has 51 heavy (non-hydrogen) atoms. The molecule has 2 fully saturated rings. The highest BCUT2D eigenvalue weighted by Gasteiger charge is 2.36. The Balaban J connectivity index is 1.22. The minimum atomic E-state index is -4.00. The lowest BCUT2D eigenvalue weighted by atomic mass is 9.99. The van der Waals surface area contributed by atoms with Gasteiger partial charge in [-0.05, 0) is 73.7 Å². The van der Waals surface area contributed by atoms with Crippen molar-refractivity contribution in [1.29, 1.82) is 0 Å². The first-order valence-corrected chi connectivity index (χ1v) is 19.0. The summed E-state index contributed by atoms with van der Waals surface area (Å²) in [6, 6.07) is 30.2. The van der Waals surface area contributed by atoms with Gasteiger partial charge in [-0.2, -0.15) is 4.72 Å². The quantitative estimate of drug-likeness (QED) is 0.153. The molecule has 0 unspecified atom stereocenters. The lowest BCUT2D eigenvalue weighted by Gasteiger charge is -2.39. The third-order valence-electron chi connectivity index (χ3n) is 9.57. The van der Waals surface area contributed by atoms with E-state index in [1.54, 1.807) is 25.3 Å². The molecule has 2 saturated heterocycles. The second-order valence-corrected chi connectivity index (χ2v) is 15.1. The van der Waals surface area contributed by atoms with Crippen LogP contribution < -0.4 is 10.0 Å². The Hall–Kier alpha value is -3.94. The number of aliphatic hydroxyl groups excluding tert-OH is 1. The lowest BCUT2D eigenvalue weighted by Crippen LogP contribution is -2.45. The monoisotopic (exact) mass is 713 g/mol. The van der Waals surface area contributed by atoms with Crippen molar-refractivity contribution >= 4 is 21.6 Å². The summed E-state index contributed by atoms with van der Waals surface area (Å²) >= 11 is 0. The summed E-state index contributed by atoms with van der Waals surface area (Å²) in [6.45, 7) is 4.24. The van der Waals surface area contributed by atoms with Gasteiger partial charge in [-0.15, -0.1) is 0 Å². The van der Waals surface area contributed by atoms with Crippen molar-refractivity contribution < 1.29 is 32.5 Å². The molecule has 2 heterocycles. The van der Waals surface area contributed by atoms with E-state index in [9.17, 15) is 18.3 Å². The highest BCUT2D eigenvalue weighted by Crippen LogP contribution is 2.39. The molecule has 0 bridgehead atoms. The maximum absolute atomic E-state index is 13.9. The van der Waals surface area contributed by atoms with E-state index >= 15 is 0 Å². The number of amides is 1. The molecule has 4 aromatic carbocycles. The third-order valence-corrected chi connectivity index (χ3v) is 11.1. The highest BCUT2D eigenvalue weighted by molar-refractivity contribution is 7.89. The molecule has 11 heteroatoms. The van der Waals surface area contributed by atoms with Crippen LogP contribution >= 0.6 is 0 Å². The minimum Gasteiger partial charge on any atom is -0.392 e.